The van der Waals surface area contributed by atoms with E-state index in [1.54, 1.807) is 0 Å². The Labute approximate surface area is 104 Å². The van der Waals surface area contributed by atoms with Crippen LogP contribution in [-0.4, -0.2) is 36.1 Å². The molecule has 0 aliphatic carbocycles. The smallest absolute Gasteiger partial charge is 0.242 e. The van der Waals surface area contributed by atoms with Gasteiger partial charge in [-0.3, -0.25) is 0 Å². The van der Waals surface area contributed by atoms with E-state index in [4.69, 9.17) is 0 Å². The van der Waals surface area contributed by atoms with Gasteiger partial charge < -0.3 is 0 Å². The molecule has 1 aliphatic rings. The molecule has 0 saturated carbocycles. The van der Waals surface area contributed by atoms with E-state index >= 15 is 0 Å². The van der Waals surface area contributed by atoms with E-state index in [9.17, 15) is 22.0 Å². The minimum atomic E-state index is -4.21. The van der Waals surface area contributed by atoms with E-state index in [0.717, 1.165) is 19.8 Å². The molecule has 1 fully saturated rings. The highest BCUT2D eigenvalue weighted by atomic mass is 19.3. The highest BCUT2D eigenvalue weighted by Gasteiger charge is 2.59. The number of alkyl halides is 5. The fourth-order valence-electron chi connectivity index (χ4n) is 1.96. The second-order valence-electron chi connectivity index (χ2n) is 4.75. The normalized spacial score (nSPS) is 21.4. The lowest BCUT2D eigenvalue weighted by Gasteiger charge is -2.35. The maximum absolute atomic E-state index is 13.8. The number of likely N-dealkylation sites (tertiary alicyclic amines) is 1. The number of hydrogen-bond donors (Lipinski definition) is 0. The summed E-state index contributed by atoms with van der Waals surface area (Å²) in [7, 11) is 0. The minimum Gasteiger partial charge on any atom is -0.242 e. The molecule has 6 heteroatoms. The SMILES string of the molecule is C=C(C)C(F)(F)C(F)C(F)(F)N1CCCCCC1. The molecule has 0 N–H and O–H groups in total. The summed E-state index contributed by atoms with van der Waals surface area (Å²) in [5.74, 6) is -4.21. The maximum atomic E-state index is 13.8. The summed E-state index contributed by atoms with van der Waals surface area (Å²) in [6.07, 6.45) is -1.08. The zero-order valence-electron chi connectivity index (χ0n) is 10.4. The van der Waals surface area contributed by atoms with Gasteiger partial charge in [0.15, 0.2) is 0 Å². The van der Waals surface area contributed by atoms with E-state index in [1.165, 1.54) is 0 Å². The summed E-state index contributed by atoms with van der Waals surface area (Å²) in [6.45, 7) is 3.62. The minimum absolute atomic E-state index is 0.0559. The first-order valence-corrected chi connectivity index (χ1v) is 6.01. The molecule has 0 bridgehead atoms. The Bertz CT molecular complexity index is 295. The summed E-state index contributed by atoms with van der Waals surface area (Å²) in [5, 5.41) is 0. The van der Waals surface area contributed by atoms with E-state index in [-0.39, 0.29) is 13.1 Å². The van der Waals surface area contributed by atoms with Crippen LogP contribution >= 0.6 is 0 Å². The average molecular weight is 271 g/mol. The zero-order chi connectivity index (χ0) is 14.0. The Balaban J connectivity index is 2.86. The van der Waals surface area contributed by atoms with Crippen LogP contribution in [-0.2, 0) is 0 Å². The number of allylic oxidation sites excluding steroid dienone is 1. The molecular weight excluding hydrogens is 253 g/mol. The predicted octanol–water partition coefficient (Wildman–Crippen LogP) is 4.00. The lowest BCUT2D eigenvalue weighted by Crippen LogP contribution is -2.55. The van der Waals surface area contributed by atoms with Crippen molar-refractivity contribution in [1.82, 2.24) is 4.90 Å². The summed E-state index contributed by atoms with van der Waals surface area (Å²) in [6, 6.07) is -4.16. The monoisotopic (exact) mass is 271 g/mol. The lowest BCUT2D eigenvalue weighted by molar-refractivity contribution is -0.239. The van der Waals surface area contributed by atoms with Gasteiger partial charge in [0.05, 0.1) is 0 Å². The van der Waals surface area contributed by atoms with Gasteiger partial charge in [0.2, 0.25) is 6.17 Å². The third kappa shape index (κ3) is 3.02. The number of rotatable bonds is 4. The van der Waals surface area contributed by atoms with Crippen LogP contribution in [0.1, 0.15) is 32.6 Å². The van der Waals surface area contributed by atoms with Gasteiger partial charge in [-0.15, -0.1) is 0 Å². The van der Waals surface area contributed by atoms with Gasteiger partial charge in [0, 0.05) is 13.1 Å². The molecule has 1 nitrogen and oxygen atoms in total. The van der Waals surface area contributed by atoms with Crippen LogP contribution in [0.5, 0.6) is 0 Å². The van der Waals surface area contributed by atoms with Crippen LogP contribution in [0, 0.1) is 0 Å². The van der Waals surface area contributed by atoms with Gasteiger partial charge in [0.1, 0.15) is 0 Å². The number of nitrogens with zero attached hydrogens (tertiary/aromatic N) is 1. The lowest BCUT2D eigenvalue weighted by atomic mass is 10.0. The van der Waals surface area contributed by atoms with Crippen LogP contribution in [0.3, 0.4) is 0 Å². The third-order valence-electron chi connectivity index (χ3n) is 3.22. The fourth-order valence-corrected chi connectivity index (χ4v) is 1.96. The van der Waals surface area contributed by atoms with Gasteiger partial charge in [-0.25, -0.2) is 9.29 Å². The van der Waals surface area contributed by atoms with Crippen LogP contribution < -0.4 is 0 Å². The summed E-state index contributed by atoms with van der Waals surface area (Å²) < 4.78 is 67.7. The Morgan fingerprint density at radius 2 is 1.50 bits per heavy atom. The summed E-state index contributed by atoms with van der Waals surface area (Å²) >= 11 is 0. The fraction of sp³-hybridized carbons (Fsp3) is 0.833. The van der Waals surface area contributed by atoms with Gasteiger partial charge in [-0.1, -0.05) is 19.4 Å². The van der Waals surface area contributed by atoms with Crippen LogP contribution in [0.15, 0.2) is 12.2 Å². The first-order chi connectivity index (χ1) is 8.20. The van der Waals surface area contributed by atoms with Gasteiger partial charge >= 0.3 is 12.0 Å². The van der Waals surface area contributed by atoms with Crippen molar-refractivity contribution in [3.63, 3.8) is 0 Å². The topological polar surface area (TPSA) is 3.24 Å². The van der Waals surface area contributed by atoms with Crippen molar-refractivity contribution in [1.29, 1.82) is 0 Å². The predicted molar refractivity (Wildman–Crippen MR) is 59.6 cm³/mol. The Morgan fingerprint density at radius 3 is 1.89 bits per heavy atom. The molecule has 18 heavy (non-hydrogen) atoms. The molecule has 1 saturated heterocycles. The molecule has 1 atom stereocenters. The molecule has 0 aromatic carbocycles. The molecule has 0 spiro atoms. The first kappa shape index (κ1) is 15.4. The highest BCUT2D eigenvalue weighted by Crippen LogP contribution is 2.40. The number of halogens is 5. The molecule has 1 heterocycles. The van der Waals surface area contributed by atoms with Crippen LogP contribution in [0.4, 0.5) is 22.0 Å². The molecule has 0 aromatic rings. The van der Waals surface area contributed by atoms with Crippen molar-refractivity contribution in [2.45, 2.75) is 50.7 Å². The van der Waals surface area contributed by atoms with Crippen molar-refractivity contribution in [2.75, 3.05) is 13.1 Å². The molecular formula is C12H18F5N. The largest absolute Gasteiger partial charge is 0.342 e. The van der Waals surface area contributed by atoms with Crippen molar-refractivity contribution >= 4 is 0 Å². The quantitative estimate of drug-likeness (QED) is 0.424. The Morgan fingerprint density at radius 1 is 1.06 bits per heavy atom. The van der Waals surface area contributed by atoms with E-state index in [0.29, 0.717) is 17.7 Å². The average Bonchev–Trinajstić information content (AvgIpc) is 2.56. The molecule has 106 valence electrons. The van der Waals surface area contributed by atoms with Crippen molar-refractivity contribution in [3.05, 3.63) is 12.2 Å². The highest BCUT2D eigenvalue weighted by molar-refractivity contribution is 5.10. The first-order valence-electron chi connectivity index (χ1n) is 6.01. The van der Waals surface area contributed by atoms with Crippen molar-refractivity contribution in [3.8, 4) is 0 Å². The molecule has 0 radical (unpaired) electrons. The molecule has 1 unspecified atom stereocenters. The second-order valence-corrected chi connectivity index (χ2v) is 4.75. The summed E-state index contributed by atoms with van der Waals surface area (Å²) in [4.78, 5) is 0.529. The number of hydrogen-bond acceptors (Lipinski definition) is 1. The molecule has 0 aromatic heterocycles. The van der Waals surface area contributed by atoms with Crippen LogP contribution in [0.2, 0.25) is 0 Å². The van der Waals surface area contributed by atoms with Crippen molar-refractivity contribution < 1.29 is 22.0 Å². The Kier molecular flexibility index (Phi) is 4.75. The van der Waals surface area contributed by atoms with E-state index < -0.39 is 23.7 Å². The van der Waals surface area contributed by atoms with E-state index in [1.807, 2.05) is 0 Å². The third-order valence-corrected chi connectivity index (χ3v) is 3.22. The standard InChI is InChI=1S/C12H18F5N/c1-9(2)11(14,15)10(13)12(16,17)18-7-5-3-4-6-8-18/h10H,1,3-8H2,2H3. The zero-order valence-corrected chi connectivity index (χ0v) is 10.4. The second kappa shape index (κ2) is 5.55. The molecule has 1 rings (SSSR count). The van der Waals surface area contributed by atoms with Gasteiger partial charge in [-0.05, 0) is 25.3 Å². The Hall–Kier alpha value is -0.650. The molecule has 0 amide bonds. The molecule has 1 aliphatic heterocycles. The van der Waals surface area contributed by atoms with Crippen molar-refractivity contribution in [2.24, 2.45) is 0 Å². The van der Waals surface area contributed by atoms with Crippen LogP contribution in [0.25, 0.3) is 0 Å². The maximum Gasteiger partial charge on any atom is 0.342 e. The van der Waals surface area contributed by atoms with E-state index in [2.05, 4.69) is 6.58 Å². The summed E-state index contributed by atoms with van der Waals surface area (Å²) in [5.41, 5.74) is -0.885. The van der Waals surface area contributed by atoms with Gasteiger partial charge in [0.25, 0.3) is 0 Å². The van der Waals surface area contributed by atoms with Gasteiger partial charge in [-0.2, -0.15) is 17.6 Å².